The van der Waals surface area contributed by atoms with Crippen LogP contribution in [-0.2, 0) is 0 Å². The zero-order chi connectivity index (χ0) is 31.5. The first-order valence-electron chi connectivity index (χ1n) is 15.8. The van der Waals surface area contributed by atoms with Gasteiger partial charge in [-0.2, -0.15) is 0 Å². The highest BCUT2D eigenvalue weighted by Crippen LogP contribution is 2.32. The summed E-state index contributed by atoms with van der Waals surface area (Å²) in [5.41, 5.74) is 12.2. The summed E-state index contributed by atoms with van der Waals surface area (Å²) < 4.78 is 0. The first-order valence-corrected chi connectivity index (χ1v) is 19.3. The topological polar surface area (TPSA) is 25.8 Å². The number of hydrogen-bond acceptors (Lipinski definition) is 2. The molecule has 0 N–H and O–H groups in total. The SMILES string of the molecule is C[Si](C)(C)c1cccc(-c2cccc(-c3cccc(-c4cccc(-c5nc(-c6ccccc6)cc(-c6ccccc6)n5)c4)c3)c2)c1. The number of benzene rings is 6. The summed E-state index contributed by atoms with van der Waals surface area (Å²) in [5.74, 6) is 0.714. The zero-order valence-corrected chi connectivity index (χ0v) is 27.5. The van der Waals surface area contributed by atoms with Gasteiger partial charge in [0.05, 0.1) is 19.5 Å². The summed E-state index contributed by atoms with van der Waals surface area (Å²) in [6.45, 7) is 7.20. The summed E-state index contributed by atoms with van der Waals surface area (Å²) in [5, 5.41) is 1.48. The van der Waals surface area contributed by atoms with Crippen LogP contribution in [0.15, 0.2) is 164 Å². The molecule has 2 nitrogen and oxygen atoms in total. The van der Waals surface area contributed by atoms with Gasteiger partial charge in [-0.3, -0.25) is 0 Å². The highest BCUT2D eigenvalue weighted by atomic mass is 28.3. The minimum atomic E-state index is -1.40. The van der Waals surface area contributed by atoms with Crippen molar-refractivity contribution in [1.29, 1.82) is 0 Å². The zero-order valence-electron chi connectivity index (χ0n) is 26.5. The smallest absolute Gasteiger partial charge is 0.160 e. The van der Waals surface area contributed by atoms with Gasteiger partial charge in [0.1, 0.15) is 0 Å². The molecule has 0 atom stereocenters. The molecule has 6 aromatic carbocycles. The van der Waals surface area contributed by atoms with Crippen molar-refractivity contribution in [1.82, 2.24) is 9.97 Å². The maximum atomic E-state index is 5.05. The molecule has 0 radical (unpaired) electrons. The summed E-state index contributed by atoms with van der Waals surface area (Å²) >= 11 is 0. The molecule has 0 saturated heterocycles. The Morgan fingerprint density at radius 2 is 0.674 bits per heavy atom. The third kappa shape index (κ3) is 6.37. The highest BCUT2D eigenvalue weighted by Gasteiger charge is 2.17. The van der Waals surface area contributed by atoms with Gasteiger partial charge in [0, 0.05) is 16.7 Å². The van der Waals surface area contributed by atoms with Crippen LogP contribution in [0.3, 0.4) is 0 Å². The Morgan fingerprint density at radius 1 is 0.326 bits per heavy atom. The van der Waals surface area contributed by atoms with Crippen LogP contribution < -0.4 is 5.19 Å². The lowest BCUT2D eigenvalue weighted by molar-refractivity contribution is 1.18. The fraction of sp³-hybridized carbons (Fsp3) is 0.0698. The van der Waals surface area contributed by atoms with Crippen molar-refractivity contribution in [3.63, 3.8) is 0 Å². The van der Waals surface area contributed by atoms with Crippen molar-refractivity contribution in [2.75, 3.05) is 0 Å². The van der Waals surface area contributed by atoms with E-state index in [1.807, 2.05) is 36.4 Å². The summed E-state index contributed by atoms with van der Waals surface area (Å²) in [6.07, 6.45) is 0. The molecular weight excluding hydrogens is 573 g/mol. The van der Waals surface area contributed by atoms with Crippen molar-refractivity contribution in [3.8, 4) is 67.3 Å². The normalized spacial score (nSPS) is 11.4. The minimum Gasteiger partial charge on any atom is -0.228 e. The van der Waals surface area contributed by atoms with Crippen LogP contribution in [0.4, 0.5) is 0 Å². The van der Waals surface area contributed by atoms with Crippen LogP contribution in [0.5, 0.6) is 0 Å². The van der Waals surface area contributed by atoms with Crippen LogP contribution in [0.1, 0.15) is 0 Å². The summed E-state index contributed by atoms with van der Waals surface area (Å²) in [6, 6.07) is 58.1. The second-order valence-electron chi connectivity index (χ2n) is 12.8. The van der Waals surface area contributed by atoms with Gasteiger partial charge in [-0.05, 0) is 57.6 Å². The Labute approximate surface area is 273 Å². The molecule has 0 fully saturated rings. The molecule has 0 spiro atoms. The van der Waals surface area contributed by atoms with Crippen LogP contribution >= 0.6 is 0 Å². The number of hydrogen-bond donors (Lipinski definition) is 0. The van der Waals surface area contributed by atoms with Crippen molar-refractivity contribution < 1.29 is 0 Å². The second kappa shape index (κ2) is 12.5. The number of aromatic nitrogens is 2. The molecule has 0 aliphatic rings. The highest BCUT2D eigenvalue weighted by molar-refractivity contribution is 6.88. The lowest BCUT2D eigenvalue weighted by Gasteiger charge is -2.17. The number of rotatable bonds is 7. The van der Waals surface area contributed by atoms with Crippen molar-refractivity contribution in [2.45, 2.75) is 19.6 Å². The molecular formula is C43H36N2Si. The van der Waals surface area contributed by atoms with Crippen LogP contribution in [-0.4, -0.2) is 18.0 Å². The summed E-state index contributed by atoms with van der Waals surface area (Å²) in [7, 11) is -1.40. The van der Waals surface area contributed by atoms with Gasteiger partial charge < -0.3 is 0 Å². The monoisotopic (exact) mass is 608 g/mol. The van der Waals surface area contributed by atoms with E-state index in [0.717, 1.165) is 39.2 Å². The average Bonchev–Trinajstić information content (AvgIpc) is 3.12. The maximum absolute atomic E-state index is 5.05. The molecule has 0 unspecified atom stereocenters. The van der Waals surface area contributed by atoms with Gasteiger partial charge >= 0.3 is 0 Å². The van der Waals surface area contributed by atoms with Crippen LogP contribution in [0, 0.1) is 0 Å². The van der Waals surface area contributed by atoms with Gasteiger partial charge in [-0.1, -0.05) is 164 Å². The Hall–Kier alpha value is -5.38. The predicted molar refractivity (Wildman–Crippen MR) is 198 cm³/mol. The van der Waals surface area contributed by atoms with E-state index in [1.165, 1.54) is 27.4 Å². The van der Waals surface area contributed by atoms with Gasteiger partial charge in [0.25, 0.3) is 0 Å². The number of nitrogens with zero attached hydrogens (tertiary/aromatic N) is 2. The van der Waals surface area contributed by atoms with Gasteiger partial charge in [-0.15, -0.1) is 0 Å². The van der Waals surface area contributed by atoms with E-state index < -0.39 is 8.07 Å². The third-order valence-corrected chi connectivity index (χ3v) is 10.5. The molecule has 0 bridgehead atoms. The molecule has 7 aromatic rings. The van der Waals surface area contributed by atoms with Gasteiger partial charge in [0.2, 0.25) is 0 Å². The van der Waals surface area contributed by atoms with E-state index in [2.05, 4.69) is 147 Å². The second-order valence-corrected chi connectivity index (χ2v) is 17.8. The van der Waals surface area contributed by atoms with Crippen molar-refractivity contribution >= 4 is 13.3 Å². The molecule has 3 heteroatoms. The maximum Gasteiger partial charge on any atom is 0.160 e. The fourth-order valence-corrected chi connectivity index (χ4v) is 7.03. The summed E-state index contributed by atoms with van der Waals surface area (Å²) in [4.78, 5) is 10.1. The standard InChI is InChI=1S/C43H36N2Si/c1-46(2,3)40-25-13-23-38(29-40)36-21-11-19-34(27-36)33-18-10-20-35(26-33)37-22-12-24-39(28-37)43-44-41(31-14-6-4-7-15-31)30-42(45-43)32-16-8-5-9-17-32/h4-30H,1-3H3. The predicted octanol–water partition coefficient (Wildman–Crippen LogP) is 11.0. The largest absolute Gasteiger partial charge is 0.228 e. The Balaban J connectivity index is 1.25. The van der Waals surface area contributed by atoms with E-state index in [9.17, 15) is 0 Å². The molecule has 1 aromatic heterocycles. The van der Waals surface area contributed by atoms with Gasteiger partial charge in [0.15, 0.2) is 5.82 Å². The van der Waals surface area contributed by atoms with Crippen LogP contribution in [0.2, 0.25) is 19.6 Å². The molecule has 7 rings (SSSR count). The Bertz CT molecular complexity index is 2070. The molecule has 46 heavy (non-hydrogen) atoms. The minimum absolute atomic E-state index is 0.714. The lowest BCUT2D eigenvalue weighted by Crippen LogP contribution is -2.37. The fourth-order valence-electron chi connectivity index (χ4n) is 5.85. The van der Waals surface area contributed by atoms with Crippen molar-refractivity contribution in [2.24, 2.45) is 0 Å². The van der Waals surface area contributed by atoms with E-state index in [1.54, 1.807) is 0 Å². The van der Waals surface area contributed by atoms with E-state index in [4.69, 9.17) is 9.97 Å². The molecule has 0 saturated carbocycles. The van der Waals surface area contributed by atoms with E-state index in [-0.39, 0.29) is 0 Å². The first kappa shape index (κ1) is 29.3. The first-order chi connectivity index (χ1) is 22.4. The Morgan fingerprint density at radius 3 is 1.11 bits per heavy atom. The third-order valence-electron chi connectivity index (χ3n) is 8.44. The molecule has 0 aliphatic carbocycles. The van der Waals surface area contributed by atoms with Gasteiger partial charge in [-0.25, -0.2) is 9.97 Å². The average molecular weight is 609 g/mol. The molecule has 0 aliphatic heterocycles. The van der Waals surface area contributed by atoms with Crippen molar-refractivity contribution in [3.05, 3.63) is 164 Å². The lowest BCUT2D eigenvalue weighted by atomic mass is 9.95. The Kier molecular flexibility index (Phi) is 8.00. The van der Waals surface area contributed by atoms with E-state index in [0.29, 0.717) is 5.82 Å². The molecule has 222 valence electrons. The molecule has 0 amide bonds. The van der Waals surface area contributed by atoms with E-state index >= 15 is 0 Å². The molecule has 1 heterocycles. The van der Waals surface area contributed by atoms with Crippen LogP contribution in [0.25, 0.3) is 67.3 Å². The quantitative estimate of drug-likeness (QED) is 0.168.